The summed E-state index contributed by atoms with van der Waals surface area (Å²) in [6, 6.07) is 3.67. The number of methoxy groups -OCH3 is 1. The summed E-state index contributed by atoms with van der Waals surface area (Å²) in [6.07, 6.45) is 0. The van der Waals surface area contributed by atoms with E-state index in [1.807, 2.05) is 22.9 Å². The van der Waals surface area contributed by atoms with Gasteiger partial charge in [-0.1, -0.05) is 11.6 Å². The first-order valence-corrected chi connectivity index (χ1v) is 6.47. The van der Waals surface area contributed by atoms with Crippen molar-refractivity contribution < 1.29 is 4.74 Å². The fourth-order valence-corrected chi connectivity index (χ4v) is 3.39. The highest BCUT2D eigenvalue weighted by Crippen LogP contribution is 2.35. The van der Waals surface area contributed by atoms with Crippen molar-refractivity contribution in [1.82, 2.24) is 0 Å². The van der Waals surface area contributed by atoms with Gasteiger partial charge in [0, 0.05) is 15.1 Å². The third-order valence-electron chi connectivity index (χ3n) is 2.07. The zero-order valence-electron chi connectivity index (χ0n) is 8.07. The van der Waals surface area contributed by atoms with Crippen LogP contribution in [0.2, 0.25) is 5.02 Å². The molecule has 2 rings (SSSR count). The van der Waals surface area contributed by atoms with Crippen LogP contribution in [0.1, 0.15) is 15.8 Å². The van der Waals surface area contributed by atoms with E-state index in [4.69, 9.17) is 22.1 Å². The maximum absolute atomic E-state index is 6.11. The third-order valence-corrected chi connectivity index (χ3v) is 4.50. The van der Waals surface area contributed by atoms with Crippen LogP contribution in [0.15, 0.2) is 22.9 Å². The van der Waals surface area contributed by atoms with Gasteiger partial charge in [-0.3, -0.25) is 0 Å². The molecule has 0 aliphatic rings. The van der Waals surface area contributed by atoms with Gasteiger partial charge in [0.25, 0.3) is 0 Å². The Balaban J connectivity index is 2.28. The summed E-state index contributed by atoms with van der Waals surface area (Å²) in [5.41, 5.74) is 6.11. The lowest BCUT2D eigenvalue weighted by atomic mass is 10.2. The monoisotopic (exact) mass is 259 g/mol. The number of thiophene rings is 2. The van der Waals surface area contributed by atoms with Gasteiger partial charge in [0.1, 0.15) is 5.75 Å². The van der Waals surface area contributed by atoms with E-state index < -0.39 is 0 Å². The first kappa shape index (κ1) is 11.0. The minimum absolute atomic E-state index is 0.147. The molecule has 2 heterocycles. The van der Waals surface area contributed by atoms with Crippen molar-refractivity contribution in [1.29, 1.82) is 0 Å². The fraction of sp³-hybridized carbons (Fsp3) is 0.200. The van der Waals surface area contributed by atoms with E-state index in [9.17, 15) is 0 Å². The van der Waals surface area contributed by atoms with Crippen LogP contribution < -0.4 is 10.5 Å². The summed E-state index contributed by atoms with van der Waals surface area (Å²) in [4.78, 5) is 2.07. The number of hydrogen-bond acceptors (Lipinski definition) is 4. The summed E-state index contributed by atoms with van der Waals surface area (Å²) < 4.78 is 5.12. The summed E-state index contributed by atoms with van der Waals surface area (Å²) in [5.74, 6) is 0.845. The first-order valence-electron chi connectivity index (χ1n) is 4.33. The van der Waals surface area contributed by atoms with Crippen LogP contribution in [-0.4, -0.2) is 7.11 Å². The molecule has 2 nitrogen and oxygen atoms in total. The number of hydrogen-bond donors (Lipinski definition) is 1. The average molecular weight is 260 g/mol. The smallest absolute Gasteiger partial charge is 0.129 e. The molecule has 0 saturated heterocycles. The van der Waals surface area contributed by atoms with Gasteiger partial charge in [0.05, 0.1) is 18.2 Å². The van der Waals surface area contributed by atoms with Gasteiger partial charge in [-0.25, -0.2) is 0 Å². The SMILES string of the molecule is COc1csc(C(N)c2sccc2Cl)c1. The van der Waals surface area contributed by atoms with Crippen LogP contribution in [0.25, 0.3) is 0 Å². The number of rotatable bonds is 3. The van der Waals surface area contributed by atoms with Gasteiger partial charge >= 0.3 is 0 Å². The van der Waals surface area contributed by atoms with E-state index in [2.05, 4.69) is 0 Å². The molecule has 15 heavy (non-hydrogen) atoms. The van der Waals surface area contributed by atoms with Gasteiger partial charge in [-0.2, -0.15) is 0 Å². The Morgan fingerprint density at radius 3 is 2.80 bits per heavy atom. The molecule has 0 bridgehead atoms. The summed E-state index contributed by atoms with van der Waals surface area (Å²) >= 11 is 9.19. The summed E-state index contributed by atoms with van der Waals surface area (Å²) in [6.45, 7) is 0. The zero-order chi connectivity index (χ0) is 10.8. The van der Waals surface area contributed by atoms with Crippen molar-refractivity contribution in [3.05, 3.63) is 37.7 Å². The molecule has 1 atom stereocenters. The van der Waals surface area contributed by atoms with E-state index in [0.29, 0.717) is 0 Å². The van der Waals surface area contributed by atoms with Crippen LogP contribution in [0.3, 0.4) is 0 Å². The van der Waals surface area contributed by atoms with Crippen molar-refractivity contribution >= 4 is 34.3 Å². The van der Waals surface area contributed by atoms with Crippen LogP contribution in [0, 0.1) is 0 Å². The molecule has 0 saturated carbocycles. The summed E-state index contributed by atoms with van der Waals surface area (Å²) in [5, 5.41) is 4.62. The molecule has 0 aromatic carbocycles. The molecule has 0 radical (unpaired) electrons. The average Bonchev–Trinajstić information content (AvgIpc) is 2.84. The highest BCUT2D eigenvalue weighted by molar-refractivity contribution is 7.12. The lowest BCUT2D eigenvalue weighted by molar-refractivity contribution is 0.416. The molecule has 5 heteroatoms. The van der Waals surface area contributed by atoms with Crippen molar-refractivity contribution in [3.8, 4) is 5.75 Å². The molecule has 0 aliphatic carbocycles. The molecule has 0 spiro atoms. The third kappa shape index (κ3) is 2.18. The van der Waals surface area contributed by atoms with Gasteiger partial charge in [-0.15, -0.1) is 22.7 Å². The Bertz CT molecular complexity index is 452. The molecule has 2 N–H and O–H groups in total. The number of nitrogens with two attached hydrogens (primary N) is 1. The Labute approximate surface area is 101 Å². The molecular weight excluding hydrogens is 250 g/mol. The second kappa shape index (κ2) is 4.53. The molecule has 2 aromatic heterocycles. The van der Waals surface area contributed by atoms with E-state index in [1.165, 1.54) is 0 Å². The van der Waals surface area contributed by atoms with Crippen LogP contribution in [0.5, 0.6) is 5.75 Å². The Morgan fingerprint density at radius 2 is 2.27 bits per heavy atom. The quantitative estimate of drug-likeness (QED) is 0.915. The Kier molecular flexibility index (Phi) is 3.31. The maximum atomic E-state index is 6.11. The number of ether oxygens (including phenoxy) is 1. The standard InChI is InChI=1S/C10H10ClNOS2/c1-13-6-4-8(15-5-6)9(12)10-7(11)2-3-14-10/h2-5,9H,12H2,1H3. The van der Waals surface area contributed by atoms with Gasteiger partial charge in [0.15, 0.2) is 0 Å². The topological polar surface area (TPSA) is 35.2 Å². The van der Waals surface area contributed by atoms with Crippen molar-refractivity contribution in [2.75, 3.05) is 7.11 Å². The highest BCUT2D eigenvalue weighted by atomic mass is 35.5. The minimum atomic E-state index is -0.147. The van der Waals surface area contributed by atoms with Crippen LogP contribution >= 0.6 is 34.3 Å². The first-order chi connectivity index (χ1) is 7.22. The van der Waals surface area contributed by atoms with Crippen molar-refractivity contribution in [2.45, 2.75) is 6.04 Å². The number of halogens is 1. The highest BCUT2D eigenvalue weighted by Gasteiger charge is 2.15. The Morgan fingerprint density at radius 1 is 1.47 bits per heavy atom. The van der Waals surface area contributed by atoms with E-state index >= 15 is 0 Å². The van der Waals surface area contributed by atoms with E-state index in [-0.39, 0.29) is 6.04 Å². The van der Waals surface area contributed by atoms with Gasteiger partial charge < -0.3 is 10.5 Å². The predicted octanol–water partition coefficient (Wildman–Crippen LogP) is 3.52. The zero-order valence-corrected chi connectivity index (χ0v) is 10.5. The molecule has 0 fully saturated rings. The second-order valence-electron chi connectivity index (χ2n) is 3.00. The molecule has 0 amide bonds. The van der Waals surface area contributed by atoms with Crippen molar-refractivity contribution in [2.24, 2.45) is 5.73 Å². The molecule has 2 aromatic rings. The van der Waals surface area contributed by atoms with E-state index in [0.717, 1.165) is 20.5 Å². The van der Waals surface area contributed by atoms with E-state index in [1.54, 1.807) is 29.8 Å². The van der Waals surface area contributed by atoms with Crippen LogP contribution in [-0.2, 0) is 0 Å². The Hall–Kier alpha value is -0.550. The fourth-order valence-electron chi connectivity index (χ4n) is 1.26. The maximum Gasteiger partial charge on any atom is 0.129 e. The van der Waals surface area contributed by atoms with Gasteiger partial charge in [-0.05, 0) is 17.5 Å². The molecule has 0 aliphatic heterocycles. The second-order valence-corrected chi connectivity index (χ2v) is 5.30. The normalized spacial score (nSPS) is 12.7. The summed E-state index contributed by atoms with van der Waals surface area (Å²) in [7, 11) is 1.65. The molecule has 80 valence electrons. The minimum Gasteiger partial charge on any atom is -0.496 e. The van der Waals surface area contributed by atoms with Crippen molar-refractivity contribution in [3.63, 3.8) is 0 Å². The van der Waals surface area contributed by atoms with Crippen LogP contribution in [0.4, 0.5) is 0 Å². The predicted molar refractivity (Wildman–Crippen MR) is 66.2 cm³/mol. The molecular formula is C10H10ClNOS2. The molecule has 1 unspecified atom stereocenters. The lowest BCUT2D eigenvalue weighted by Gasteiger charge is -2.07. The lowest BCUT2D eigenvalue weighted by Crippen LogP contribution is -2.08. The largest absolute Gasteiger partial charge is 0.496 e. The van der Waals surface area contributed by atoms with Gasteiger partial charge in [0.2, 0.25) is 0 Å².